The zero-order valence-corrected chi connectivity index (χ0v) is 15.7. The predicted molar refractivity (Wildman–Crippen MR) is 109 cm³/mol. The van der Waals surface area contributed by atoms with Crippen LogP contribution in [0.1, 0.15) is 29.5 Å². The second-order valence-electron chi connectivity index (χ2n) is 7.09. The van der Waals surface area contributed by atoms with E-state index in [9.17, 15) is 13.2 Å². The van der Waals surface area contributed by atoms with Gasteiger partial charge in [0.2, 0.25) is 0 Å². The number of piperidine rings is 1. The van der Waals surface area contributed by atoms with Gasteiger partial charge in [-0.1, -0.05) is 24.3 Å². The maximum absolute atomic E-state index is 12.8. The van der Waals surface area contributed by atoms with E-state index < -0.39 is 11.7 Å². The van der Waals surface area contributed by atoms with Gasteiger partial charge in [-0.05, 0) is 67.2 Å². The zero-order chi connectivity index (χ0) is 20.3. The molecule has 0 atom stereocenters. The van der Waals surface area contributed by atoms with Gasteiger partial charge in [-0.3, -0.25) is 4.98 Å². The van der Waals surface area contributed by atoms with E-state index in [1.807, 2.05) is 30.4 Å². The topological polar surface area (TPSA) is 34.1 Å². The summed E-state index contributed by atoms with van der Waals surface area (Å²) in [4.78, 5) is 4.17. The van der Waals surface area contributed by atoms with Gasteiger partial charge in [0, 0.05) is 23.3 Å². The number of fused-ring (bicyclic) bond motifs is 1. The first-order valence-electron chi connectivity index (χ1n) is 9.60. The van der Waals surface area contributed by atoms with E-state index in [1.54, 1.807) is 12.4 Å². The molecule has 0 amide bonds. The van der Waals surface area contributed by atoms with Crippen LogP contribution in [-0.4, -0.2) is 24.2 Å². The molecule has 4 rings (SSSR count). The van der Waals surface area contributed by atoms with Gasteiger partial charge in [0.05, 0.1) is 5.56 Å². The Hall–Kier alpha value is -2.86. The molecule has 3 nitrogen and oxygen atoms in total. The molecule has 0 bridgehead atoms. The molecule has 150 valence electrons. The highest BCUT2D eigenvalue weighted by Gasteiger charge is 2.29. The lowest BCUT2D eigenvalue weighted by Gasteiger charge is -2.25. The minimum atomic E-state index is -4.33. The molecule has 0 saturated carbocycles. The summed E-state index contributed by atoms with van der Waals surface area (Å²) in [6.07, 6.45) is 4.93. The van der Waals surface area contributed by atoms with Crippen LogP contribution in [0.2, 0.25) is 0 Å². The first-order valence-corrected chi connectivity index (χ1v) is 9.60. The van der Waals surface area contributed by atoms with E-state index >= 15 is 0 Å². The number of aromatic nitrogens is 1. The van der Waals surface area contributed by atoms with Crippen LogP contribution in [0.15, 0.2) is 54.9 Å². The first-order chi connectivity index (χ1) is 14.0. The van der Waals surface area contributed by atoms with Crippen LogP contribution in [0.5, 0.6) is 5.75 Å². The SMILES string of the molecule is FC(F)(F)c1ccc(/C=C/c2c(OC3CCNCC3)ccc3cnccc23)cc1. The molecule has 1 fully saturated rings. The quantitative estimate of drug-likeness (QED) is 0.585. The van der Waals surface area contributed by atoms with Crippen molar-refractivity contribution in [3.05, 3.63) is 71.5 Å². The van der Waals surface area contributed by atoms with E-state index in [4.69, 9.17) is 4.74 Å². The highest BCUT2D eigenvalue weighted by Crippen LogP contribution is 2.32. The fourth-order valence-corrected chi connectivity index (χ4v) is 3.50. The summed E-state index contributed by atoms with van der Waals surface area (Å²) in [5.74, 6) is 0.777. The number of nitrogens with one attached hydrogen (secondary N) is 1. The first kappa shape index (κ1) is 19.5. The summed E-state index contributed by atoms with van der Waals surface area (Å²) < 4.78 is 44.6. The van der Waals surface area contributed by atoms with Crippen LogP contribution in [-0.2, 0) is 6.18 Å². The number of alkyl halides is 3. The average Bonchev–Trinajstić information content (AvgIpc) is 2.73. The third-order valence-electron chi connectivity index (χ3n) is 5.08. The van der Waals surface area contributed by atoms with Crippen molar-refractivity contribution < 1.29 is 17.9 Å². The lowest BCUT2D eigenvalue weighted by molar-refractivity contribution is -0.137. The third kappa shape index (κ3) is 4.59. The van der Waals surface area contributed by atoms with Gasteiger partial charge in [-0.25, -0.2) is 0 Å². The van der Waals surface area contributed by atoms with Gasteiger partial charge < -0.3 is 10.1 Å². The standard InChI is InChI=1S/C23H21F3N2O/c24-23(25,26)18-5-1-16(2-6-18)3-7-21-20-11-14-28-15-17(20)4-8-22(21)29-19-9-12-27-13-10-19/h1-8,11,14-15,19,27H,9-10,12-13H2/b7-3+. The number of benzene rings is 2. The van der Waals surface area contributed by atoms with Crippen LogP contribution < -0.4 is 10.1 Å². The van der Waals surface area contributed by atoms with Crippen molar-refractivity contribution in [1.82, 2.24) is 10.3 Å². The lowest BCUT2D eigenvalue weighted by atomic mass is 10.0. The largest absolute Gasteiger partial charge is 0.490 e. The minimum Gasteiger partial charge on any atom is -0.490 e. The molecule has 1 saturated heterocycles. The molecule has 0 aliphatic carbocycles. The molecule has 1 N–H and O–H groups in total. The Labute approximate surface area is 167 Å². The molecule has 3 aromatic rings. The normalized spacial score (nSPS) is 15.8. The van der Waals surface area contributed by atoms with Crippen LogP contribution in [0, 0.1) is 0 Å². The summed E-state index contributed by atoms with van der Waals surface area (Å²) in [6.45, 7) is 1.86. The van der Waals surface area contributed by atoms with Crippen molar-refractivity contribution >= 4 is 22.9 Å². The fourth-order valence-electron chi connectivity index (χ4n) is 3.50. The van der Waals surface area contributed by atoms with Crippen LogP contribution in [0.3, 0.4) is 0 Å². The fraction of sp³-hybridized carbons (Fsp3) is 0.261. The van der Waals surface area contributed by atoms with E-state index in [0.29, 0.717) is 5.56 Å². The Morgan fingerprint density at radius 2 is 1.72 bits per heavy atom. The zero-order valence-electron chi connectivity index (χ0n) is 15.7. The Kier molecular flexibility index (Phi) is 5.53. The molecular weight excluding hydrogens is 377 g/mol. The van der Waals surface area contributed by atoms with Crippen molar-refractivity contribution in [3.63, 3.8) is 0 Å². The molecule has 1 aliphatic rings. The van der Waals surface area contributed by atoms with Crippen molar-refractivity contribution in [2.45, 2.75) is 25.1 Å². The molecule has 1 aliphatic heterocycles. The number of halogens is 3. The monoisotopic (exact) mass is 398 g/mol. The maximum Gasteiger partial charge on any atom is 0.416 e. The highest BCUT2D eigenvalue weighted by molar-refractivity contribution is 5.94. The molecular formula is C23H21F3N2O. The summed E-state index contributed by atoms with van der Waals surface area (Å²) in [5, 5.41) is 5.30. The molecule has 2 heterocycles. The maximum atomic E-state index is 12.8. The van der Waals surface area contributed by atoms with Crippen LogP contribution >= 0.6 is 0 Å². The number of pyridine rings is 1. The van der Waals surface area contributed by atoms with Gasteiger partial charge in [0.1, 0.15) is 11.9 Å². The Morgan fingerprint density at radius 3 is 2.45 bits per heavy atom. The van der Waals surface area contributed by atoms with Gasteiger partial charge in [0.25, 0.3) is 0 Å². The summed E-state index contributed by atoms with van der Waals surface area (Å²) in [7, 11) is 0. The summed E-state index contributed by atoms with van der Waals surface area (Å²) in [6, 6.07) is 11.0. The van der Waals surface area contributed by atoms with Crippen molar-refractivity contribution in [2.24, 2.45) is 0 Å². The number of ether oxygens (including phenoxy) is 1. The molecule has 29 heavy (non-hydrogen) atoms. The van der Waals surface area contributed by atoms with Gasteiger partial charge in [-0.15, -0.1) is 0 Å². The Bertz CT molecular complexity index is 1010. The molecule has 0 radical (unpaired) electrons. The molecule has 1 aromatic heterocycles. The van der Waals surface area contributed by atoms with E-state index in [0.717, 1.165) is 60.1 Å². The van der Waals surface area contributed by atoms with Crippen LogP contribution in [0.25, 0.3) is 22.9 Å². The molecule has 2 aromatic carbocycles. The Balaban J connectivity index is 1.67. The van der Waals surface area contributed by atoms with Gasteiger partial charge >= 0.3 is 6.18 Å². The van der Waals surface area contributed by atoms with E-state index in [1.165, 1.54) is 12.1 Å². The smallest absolute Gasteiger partial charge is 0.416 e. The van der Waals surface area contributed by atoms with Crippen molar-refractivity contribution in [1.29, 1.82) is 0 Å². The van der Waals surface area contributed by atoms with Gasteiger partial charge in [-0.2, -0.15) is 13.2 Å². The van der Waals surface area contributed by atoms with Crippen molar-refractivity contribution in [3.8, 4) is 5.75 Å². The predicted octanol–water partition coefficient (Wildman–Crippen LogP) is 5.55. The third-order valence-corrected chi connectivity index (χ3v) is 5.08. The second kappa shape index (κ2) is 8.25. The molecule has 6 heteroatoms. The highest BCUT2D eigenvalue weighted by atomic mass is 19.4. The second-order valence-corrected chi connectivity index (χ2v) is 7.09. The average molecular weight is 398 g/mol. The van der Waals surface area contributed by atoms with Gasteiger partial charge in [0.15, 0.2) is 0 Å². The molecule has 0 unspecified atom stereocenters. The summed E-state index contributed by atoms with van der Waals surface area (Å²) in [5.41, 5.74) is 0.945. The van der Waals surface area contributed by atoms with E-state index in [2.05, 4.69) is 10.3 Å². The number of hydrogen-bond acceptors (Lipinski definition) is 3. The lowest BCUT2D eigenvalue weighted by Crippen LogP contribution is -2.34. The van der Waals surface area contributed by atoms with E-state index in [-0.39, 0.29) is 6.10 Å². The number of nitrogens with zero attached hydrogens (tertiary/aromatic N) is 1. The minimum absolute atomic E-state index is 0.147. The number of hydrogen-bond donors (Lipinski definition) is 1. The molecule has 0 spiro atoms. The summed E-state index contributed by atoms with van der Waals surface area (Å²) >= 11 is 0. The van der Waals surface area contributed by atoms with Crippen LogP contribution in [0.4, 0.5) is 13.2 Å². The number of rotatable bonds is 4. The van der Waals surface area contributed by atoms with Crippen molar-refractivity contribution in [2.75, 3.05) is 13.1 Å². The Morgan fingerprint density at radius 1 is 0.966 bits per heavy atom.